The molecule has 0 aliphatic carbocycles. The van der Waals surface area contributed by atoms with Gasteiger partial charge in [0, 0.05) is 19.3 Å². The van der Waals surface area contributed by atoms with E-state index in [9.17, 15) is 15.0 Å². The molecule has 0 bridgehead atoms. The molecular formula is C34H34O5. The van der Waals surface area contributed by atoms with Gasteiger partial charge in [0.2, 0.25) is 0 Å². The number of rotatable bonds is 10. The molecule has 4 aromatic carbocycles. The molecule has 5 heteroatoms. The molecule has 39 heavy (non-hydrogen) atoms. The van der Waals surface area contributed by atoms with Crippen LogP contribution in [0.3, 0.4) is 0 Å². The number of ketones is 1. The highest BCUT2D eigenvalue weighted by molar-refractivity contribution is 5.94. The van der Waals surface area contributed by atoms with E-state index < -0.39 is 30.0 Å². The molecule has 4 atom stereocenters. The molecule has 0 radical (unpaired) electrons. The minimum absolute atomic E-state index is 0.0739. The standard InChI is InChI=1S/C34H34O5/c35-24-31-33(37,22-27-15-7-2-8-16-27)34(23-28-17-9-3-10-18-28,38-25-29-19-11-4-12-20-29)32(36)30(39-31)21-26-13-5-1-6-14-26/h1-20,30-31,35,37H,21-25H2/t30?,31-,33-,34-/m1/s1. The molecule has 1 aliphatic heterocycles. The van der Waals surface area contributed by atoms with Gasteiger partial charge in [-0.2, -0.15) is 0 Å². The first kappa shape index (κ1) is 27.0. The van der Waals surface area contributed by atoms with Crippen molar-refractivity contribution in [2.45, 2.75) is 49.3 Å². The Morgan fingerprint density at radius 2 is 1.13 bits per heavy atom. The molecular weight excluding hydrogens is 488 g/mol. The normalized spacial score (nSPS) is 24.9. The van der Waals surface area contributed by atoms with Gasteiger partial charge in [-0.15, -0.1) is 0 Å². The van der Waals surface area contributed by atoms with E-state index in [1.807, 2.05) is 121 Å². The third kappa shape index (κ3) is 5.72. The third-order valence-corrected chi connectivity index (χ3v) is 7.62. The number of hydrogen-bond acceptors (Lipinski definition) is 5. The summed E-state index contributed by atoms with van der Waals surface area (Å²) >= 11 is 0. The van der Waals surface area contributed by atoms with Gasteiger partial charge in [-0.1, -0.05) is 121 Å². The number of carbonyl (C=O) groups is 1. The van der Waals surface area contributed by atoms with Crippen molar-refractivity contribution < 1.29 is 24.5 Å². The fraction of sp³-hybridized carbons (Fsp3) is 0.265. The van der Waals surface area contributed by atoms with Crippen LogP contribution in [-0.4, -0.2) is 46.0 Å². The summed E-state index contributed by atoms with van der Waals surface area (Å²) < 4.78 is 12.9. The Morgan fingerprint density at radius 1 is 0.667 bits per heavy atom. The molecule has 1 unspecified atom stereocenters. The number of carbonyl (C=O) groups excluding carboxylic acids is 1. The maximum Gasteiger partial charge on any atom is 0.197 e. The summed E-state index contributed by atoms with van der Waals surface area (Å²) in [6.45, 7) is -0.347. The monoisotopic (exact) mass is 522 g/mol. The number of Topliss-reactive ketones (excluding diaryl/α,β-unsaturated/α-hetero) is 1. The summed E-state index contributed by atoms with van der Waals surface area (Å²) in [4.78, 5) is 14.7. The summed E-state index contributed by atoms with van der Waals surface area (Å²) in [5.41, 5.74) is -0.0629. The van der Waals surface area contributed by atoms with Crippen LogP contribution in [0.25, 0.3) is 0 Å². The molecule has 0 amide bonds. The van der Waals surface area contributed by atoms with E-state index in [4.69, 9.17) is 9.47 Å². The Labute approximate surface area is 229 Å². The third-order valence-electron chi connectivity index (χ3n) is 7.62. The van der Waals surface area contributed by atoms with Crippen molar-refractivity contribution >= 4 is 5.78 Å². The second-order valence-electron chi connectivity index (χ2n) is 10.2. The van der Waals surface area contributed by atoms with Gasteiger partial charge < -0.3 is 19.7 Å². The van der Waals surface area contributed by atoms with Gasteiger partial charge in [-0.25, -0.2) is 0 Å². The van der Waals surface area contributed by atoms with Crippen LogP contribution < -0.4 is 0 Å². The van der Waals surface area contributed by atoms with Crippen LogP contribution >= 0.6 is 0 Å². The summed E-state index contributed by atoms with van der Waals surface area (Å²) in [5, 5.41) is 23.3. The van der Waals surface area contributed by atoms with Crippen LogP contribution in [0.15, 0.2) is 121 Å². The van der Waals surface area contributed by atoms with Crippen LogP contribution in [0.2, 0.25) is 0 Å². The molecule has 4 aromatic rings. The first-order chi connectivity index (χ1) is 19.0. The van der Waals surface area contributed by atoms with Gasteiger partial charge in [0.15, 0.2) is 11.4 Å². The average molecular weight is 523 g/mol. The summed E-state index contributed by atoms with van der Waals surface area (Å²) in [6, 6.07) is 38.3. The maximum atomic E-state index is 14.7. The van der Waals surface area contributed by atoms with E-state index >= 15 is 0 Å². The van der Waals surface area contributed by atoms with E-state index in [1.54, 1.807) is 0 Å². The molecule has 0 spiro atoms. The molecule has 0 aromatic heterocycles. The quantitative estimate of drug-likeness (QED) is 0.315. The number of ether oxygens (including phenoxy) is 2. The van der Waals surface area contributed by atoms with Gasteiger partial charge >= 0.3 is 0 Å². The zero-order chi connectivity index (χ0) is 27.1. The molecule has 1 fully saturated rings. The minimum atomic E-state index is -1.85. The average Bonchev–Trinajstić information content (AvgIpc) is 2.98. The van der Waals surface area contributed by atoms with Crippen molar-refractivity contribution in [3.63, 3.8) is 0 Å². The molecule has 2 N–H and O–H groups in total. The van der Waals surface area contributed by atoms with Crippen molar-refractivity contribution in [3.05, 3.63) is 144 Å². The van der Waals surface area contributed by atoms with Crippen molar-refractivity contribution in [1.29, 1.82) is 0 Å². The maximum absolute atomic E-state index is 14.7. The molecule has 1 saturated heterocycles. The van der Waals surface area contributed by atoms with Crippen LogP contribution in [-0.2, 0) is 40.1 Å². The Morgan fingerprint density at radius 3 is 1.64 bits per heavy atom. The van der Waals surface area contributed by atoms with Crippen molar-refractivity contribution in [1.82, 2.24) is 0 Å². The SMILES string of the molecule is O=C1C(Cc2ccccc2)O[C@H](CO)[C@](O)(Cc2ccccc2)[C@]1(Cc1ccccc1)OCc1ccccc1. The van der Waals surface area contributed by atoms with E-state index in [-0.39, 0.29) is 25.2 Å². The van der Waals surface area contributed by atoms with E-state index in [2.05, 4.69) is 0 Å². The first-order valence-electron chi connectivity index (χ1n) is 13.4. The van der Waals surface area contributed by atoms with Crippen LogP contribution in [0.4, 0.5) is 0 Å². The Kier molecular flexibility index (Phi) is 8.34. The van der Waals surface area contributed by atoms with Crippen LogP contribution in [0.5, 0.6) is 0 Å². The lowest BCUT2D eigenvalue weighted by atomic mass is 9.66. The molecule has 1 heterocycles. The topological polar surface area (TPSA) is 76.0 Å². The zero-order valence-corrected chi connectivity index (χ0v) is 21.9. The number of hydrogen-bond donors (Lipinski definition) is 2. The number of benzene rings is 4. The fourth-order valence-electron chi connectivity index (χ4n) is 5.58. The lowest BCUT2D eigenvalue weighted by Crippen LogP contribution is -2.75. The van der Waals surface area contributed by atoms with Gasteiger partial charge in [-0.3, -0.25) is 4.79 Å². The van der Waals surface area contributed by atoms with Gasteiger partial charge in [-0.05, 0) is 22.3 Å². The van der Waals surface area contributed by atoms with Gasteiger partial charge in [0.05, 0.1) is 13.2 Å². The Hall–Kier alpha value is -3.61. The largest absolute Gasteiger partial charge is 0.394 e. The molecule has 200 valence electrons. The molecule has 5 rings (SSSR count). The zero-order valence-electron chi connectivity index (χ0n) is 21.9. The number of aliphatic hydroxyl groups is 2. The van der Waals surface area contributed by atoms with Crippen LogP contribution in [0, 0.1) is 0 Å². The highest BCUT2D eigenvalue weighted by Gasteiger charge is 2.65. The fourth-order valence-corrected chi connectivity index (χ4v) is 5.58. The molecule has 5 nitrogen and oxygen atoms in total. The lowest BCUT2D eigenvalue weighted by molar-refractivity contribution is -0.273. The van der Waals surface area contributed by atoms with Crippen molar-refractivity contribution in [2.24, 2.45) is 0 Å². The summed E-state index contributed by atoms with van der Waals surface area (Å²) in [7, 11) is 0. The smallest absolute Gasteiger partial charge is 0.197 e. The predicted molar refractivity (Wildman–Crippen MR) is 150 cm³/mol. The number of aliphatic hydroxyl groups excluding tert-OH is 1. The first-order valence-corrected chi connectivity index (χ1v) is 13.4. The summed E-state index contributed by atoms with van der Waals surface area (Å²) in [6.07, 6.45) is -1.44. The summed E-state index contributed by atoms with van der Waals surface area (Å²) in [5.74, 6) is -0.325. The van der Waals surface area contributed by atoms with Crippen molar-refractivity contribution in [2.75, 3.05) is 6.61 Å². The second kappa shape index (κ2) is 12.1. The van der Waals surface area contributed by atoms with E-state index in [0.29, 0.717) is 6.42 Å². The van der Waals surface area contributed by atoms with Crippen LogP contribution in [0.1, 0.15) is 22.3 Å². The Bertz CT molecular complexity index is 1330. The predicted octanol–water partition coefficient (Wildman–Crippen LogP) is 4.73. The van der Waals surface area contributed by atoms with Crippen molar-refractivity contribution in [3.8, 4) is 0 Å². The molecule has 1 aliphatic rings. The molecule has 0 saturated carbocycles. The highest BCUT2D eigenvalue weighted by atomic mass is 16.6. The second-order valence-corrected chi connectivity index (χ2v) is 10.2. The van der Waals surface area contributed by atoms with E-state index in [1.165, 1.54) is 0 Å². The minimum Gasteiger partial charge on any atom is -0.394 e. The highest BCUT2D eigenvalue weighted by Crippen LogP contribution is 2.44. The van der Waals surface area contributed by atoms with Gasteiger partial charge in [0.25, 0.3) is 0 Å². The van der Waals surface area contributed by atoms with E-state index in [0.717, 1.165) is 22.3 Å². The Balaban J connectivity index is 1.63. The lowest BCUT2D eigenvalue weighted by Gasteiger charge is -2.54. The van der Waals surface area contributed by atoms with Gasteiger partial charge in [0.1, 0.15) is 17.8 Å².